The molecule has 3 rings (SSSR count). The minimum atomic E-state index is -0.285. The van der Waals surface area contributed by atoms with Gasteiger partial charge in [0, 0.05) is 38.9 Å². The Morgan fingerprint density at radius 3 is 2.72 bits per heavy atom. The molecule has 0 radical (unpaired) electrons. The number of hydrogen-bond donors (Lipinski definition) is 2. The summed E-state index contributed by atoms with van der Waals surface area (Å²) in [5.74, 6) is 2.41. The molecule has 2 heterocycles. The highest BCUT2D eigenvalue weighted by Gasteiger charge is 2.25. The number of nitrogens with zero attached hydrogens (tertiary/aromatic N) is 3. The van der Waals surface area contributed by atoms with Crippen LogP contribution in [0.2, 0.25) is 0 Å². The summed E-state index contributed by atoms with van der Waals surface area (Å²) in [6.07, 6.45) is 3.34. The van der Waals surface area contributed by atoms with Crippen molar-refractivity contribution in [1.29, 1.82) is 0 Å². The number of anilines is 1. The van der Waals surface area contributed by atoms with Crippen molar-refractivity contribution in [2.75, 3.05) is 44.8 Å². The van der Waals surface area contributed by atoms with Crippen LogP contribution in [0.3, 0.4) is 0 Å². The number of aromatic nitrogens is 1. The molecule has 0 saturated carbocycles. The molecule has 0 aliphatic carbocycles. The van der Waals surface area contributed by atoms with E-state index in [0.717, 1.165) is 49.0 Å². The topological polar surface area (TPSA) is 71.0 Å². The predicted molar refractivity (Wildman–Crippen MR) is 137 cm³/mol. The zero-order valence-electron chi connectivity index (χ0n) is 18.9. The third kappa shape index (κ3) is 7.11. The van der Waals surface area contributed by atoms with Gasteiger partial charge < -0.3 is 25.0 Å². The highest BCUT2D eigenvalue weighted by molar-refractivity contribution is 14.0. The SMILES string of the molecule is CCOc1ccc(CCNC(=NC)NC2CCN(c3ncccc3F)C2)cc1OCC.I. The van der Waals surface area contributed by atoms with Gasteiger partial charge in [-0.1, -0.05) is 6.07 Å². The van der Waals surface area contributed by atoms with Crippen molar-refractivity contribution < 1.29 is 13.9 Å². The molecule has 0 spiro atoms. The van der Waals surface area contributed by atoms with E-state index in [1.165, 1.54) is 6.07 Å². The second-order valence-electron chi connectivity index (χ2n) is 7.28. The minimum Gasteiger partial charge on any atom is -0.490 e. The van der Waals surface area contributed by atoms with Gasteiger partial charge in [0.15, 0.2) is 29.1 Å². The summed E-state index contributed by atoms with van der Waals surface area (Å²) in [5, 5.41) is 6.79. The van der Waals surface area contributed by atoms with E-state index in [1.807, 2.05) is 30.9 Å². The minimum absolute atomic E-state index is 0. The van der Waals surface area contributed by atoms with E-state index in [1.54, 1.807) is 19.3 Å². The van der Waals surface area contributed by atoms with Crippen molar-refractivity contribution in [3.63, 3.8) is 0 Å². The molecule has 1 aromatic heterocycles. The molecule has 2 N–H and O–H groups in total. The Morgan fingerprint density at radius 2 is 2.00 bits per heavy atom. The van der Waals surface area contributed by atoms with E-state index in [-0.39, 0.29) is 35.8 Å². The lowest BCUT2D eigenvalue weighted by molar-refractivity contribution is 0.287. The molecule has 9 heteroatoms. The Labute approximate surface area is 206 Å². The maximum atomic E-state index is 14.0. The standard InChI is InChI=1S/C23H32FN5O2.HI/c1-4-30-20-9-8-17(15-21(20)31-5-2)10-13-27-23(25-3)28-18-11-14-29(16-18)22-19(24)7-6-12-26-22;/h6-9,12,15,18H,4-5,10-11,13-14,16H2,1-3H3,(H2,25,27,28);1H. The number of aliphatic imine (C=N–C) groups is 1. The van der Waals surface area contributed by atoms with Gasteiger partial charge in [0.2, 0.25) is 0 Å². The van der Waals surface area contributed by atoms with Gasteiger partial charge in [-0.2, -0.15) is 0 Å². The number of hydrogen-bond acceptors (Lipinski definition) is 5. The van der Waals surface area contributed by atoms with Gasteiger partial charge in [-0.15, -0.1) is 24.0 Å². The fourth-order valence-electron chi connectivity index (χ4n) is 3.64. The first-order valence-electron chi connectivity index (χ1n) is 10.9. The van der Waals surface area contributed by atoms with Crippen molar-refractivity contribution in [3.05, 3.63) is 47.9 Å². The lowest BCUT2D eigenvalue weighted by atomic mass is 10.1. The van der Waals surface area contributed by atoms with Crippen molar-refractivity contribution in [3.8, 4) is 11.5 Å². The Kier molecular flexibility index (Phi) is 10.8. The molecule has 1 saturated heterocycles. The number of halogens is 2. The molecule has 0 bridgehead atoms. The van der Waals surface area contributed by atoms with Crippen LogP contribution in [0.25, 0.3) is 0 Å². The Morgan fingerprint density at radius 1 is 1.22 bits per heavy atom. The van der Waals surface area contributed by atoms with E-state index in [4.69, 9.17) is 9.47 Å². The van der Waals surface area contributed by atoms with E-state index in [0.29, 0.717) is 25.6 Å². The fraction of sp³-hybridized carbons (Fsp3) is 0.478. The van der Waals surface area contributed by atoms with Gasteiger partial charge in [0.05, 0.1) is 13.2 Å². The molecule has 1 aliphatic heterocycles. The molecule has 1 aromatic carbocycles. The first-order chi connectivity index (χ1) is 15.1. The first kappa shape index (κ1) is 26.0. The second kappa shape index (κ2) is 13.3. The van der Waals surface area contributed by atoms with Crippen LogP contribution in [0.15, 0.2) is 41.5 Å². The smallest absolute Gasteiger partial charge is 0.191 e. The van der Waals surface area contributed by atoms with Gasteiger partial charge in [-0.3, -0.25) is 4.99 Å². The molecule has 176 valence electrons. The Bertz CT molecular complexity index is 883. The average molecular weight is 557 g/mol. The van der Waals surface area contributed by atoms with Crippen molar-refractivity contribution in [1.82, 2.24) is 15.6 Å². The summed E-state index contributed by atoms with van der Waals surface area (Å²) < 4.78 is 25.3. The molecule has 7 nitrogen and oxygen atoms in total. The van der Waals surface area contributed by atoms with E-state index >= 15 is 0 Å². The largest absolute Gasteiger partial charge is 0.490 e. The highest BCUT2D eigenvalue weighted by Crippen LogP contribution is 2.28. The Balaban J connectivity index is 0.00000363. The summed E-state index contributed by atoms with van der Waals surface area (Å²) in [5.41, 5.74) is 1.16. The van der Waals surface area contributed by atoms with Gasteiger partial charge in [-0.05, 0) is 56.5 Å². The van der Waals surface area contributed by atoms with E-state index in [9.17, 15) is 4.39 Å². The molecule has 32 heavy (non-hydrogen) atoms. The maximum Gasteiger partial charge on any atom is 0.191 e. The Hall–Kier alpha value is -2.30. The molecule has 2 aromatic rings. The number of ether oxygens (including phenoxy) is 2. The monoisotopic (exact) mass is 557 g/mol. The summed E-state index contributed by atoms with van der Waals surface area (Å²) in [6, 6.07) is 9.28. The average Bonchev–Trinajstić information content (AvgIpc) is 3.23. The summed E-state index contributed by atoms with van der Waals surface area (Å²) >= 11 is 0. The van der Waals surface area contributed by atoms with Crippen molar-refractivity contribution >= 4 is 35.8 Å². The van der Waals surface area contributed by atoms with Gasteiger partial charge in [-0.25, -0.2) is 9.37 Å². The van der Waals surface area contributed by atoms with E-state index < -0.39 is 0 Å². The molecule has 0 amide bonds. The maximum absolute atomic E-state index is 14.0. The molecular formula is C23H33FIN5O2. The van der Waals surface area contributed by atoms with Crippen LogP contribution in [0.4, 0.5) is 10.2 Å². The third-order valence-electron chi connectivity index (χ3n) is 5.11. The van der Waals surface area contributed by atoms with Crippen LogP contribution in [0.1, 0.15) is 25.8 Å². The second-order valence-corrected chi connectivity index (χ2v) is 7.28. The first-order valence-corrected chi connectivity index (χ1v) is 10.9. The normalized spacial score (nSPS) is 15.8. The van der Waals surface area contributed by atoms with Gasteiger partial charge in [0.1, 0.15) is 0 Å². The number of rotatable bonds is 9. The number of nitrogens with one attached hydrogen (secondary N) is 2. The number of benzene rings is 1. The van der Waals surface area contributed by atoms with Crippen LogP contribution in [0.5, 0.6) is 11.5 Å². The molecule has 1 unspecified atom stereocenters. The summed E-state index contributed by atoms with van der Waals surface area (Å²) in [4.78, 5) is 10.5. The predicted octanol–water partition coefficient (Wildman–Crippen LogP) is 3.62. The van der Waals surface area contributed by atoms with E-state index in [2.05, 4.69) is 26.7 Å². The summed E-state index contributed by atoms with van der Waals surface area (Å²) in [6.45, 7) is 7.30. The molecule has 1 atom stereocenters. The lowest BCUT2D eigenvalue weighted by Gasteiger charge is -2.20. The number of pyridine rings is 1. The van der Waals surface area contributed by atoms with Gasteiger partial charge >= 0.3 is 0 Å². The lowest BCUT2D eigenvalue weighted by Crippen LogP contribution is -2.45. The summed E-state index contributed by atoms with van der Waals surface area (Å²) in [7, 11) is 1.75. The van der Waals surface area contributed by atoms with Crippen LogP contribution < -0.4 is 25.0 Å². The quantitative estimate of drug-likeness (QED) is 0.279. The third-order valence-corrected chi connectivity index (χ3v) is 5.11. The fourth-order valence-corrected chi connectivity index (χ4v) is 3.64. The molecule has 1 aliphatic rings. The van der Waals surface area contributed by atoms with Crippen LogP contribution >= 0.6 is 24.0 Å². The number of guanidine groups is 1. The van der Waals surface area contributed by atoms with Crippen LogP contribution in [-0.4, -0.2) is 56.9 Å². The molecular weight excluding hydrogens is 524 g/mol. The zero-order chi connectivity index (χ0) is 22.1. The van der Waals surface area contributed by atoms with Crippen LogP contribution in [-0.2, 0) is 6.42 Å². The zero-order valence-corrected chi connectivity index (χ0v) is 21.3. The van der Waals surface area contributed by atoms with Crippen molar-refractivity contribution in [2.45, 2.75) is 32.7 Å². The van der Waals surface area contributed by atoms with Crippen molar-refractivity contribution in [2.24, 2.45) is 4.99 Å². The van der Waals surface area contributed by atoms with Gasteiger partial charge in [0.25, 0.3) is 0 Å². The van der Waals surface area contributed by atoms with Crippen LogP contribution in [0, 0.1) is 5.82 Å². The molecule has 1 fully saturated rings. The highest BCUT2D eigenvalue weighted by atomic mass is 127.